The summed E-state index contributed by atoms with van der Waals surface area (Å²) in [5.41, 5.74) is 2.17. The summed E-state index contributed by atoms with van der Waals surface area (Å²) in [6.45, 7) is 0.638. The van der Waals surface area contributed by atoms with Gasteiger partial charge in [0.1, 0.15) is 5.75 Å². The molecule has 6 nitrogen and oxygen atoms in total. The van der Waals surface area contributed by atoms with Crippen molar-refractivity contribution in [2.24, 2.45) is 0 Å². The van der Waals surface area contributed by atoms with E-state index in [-0.39, 0.29) is 18.4 Å². The van der Waals surface area contributed by atoms with E-state index >= 15 is 0 Å². The first-order valence-corrected chi connectivity index (χ1v) is 9.36. The maximum absolute atomic E-state index is 11.9. The van der Waals surface area contributed by atoms with E-state index < -0.39 is 0 Å². The Hall–Kier alpha value is -2.89. The number of nitrogens with zero attached hydrogens (tertiary/aromatic N) is 1. The minimum absolute atomic E-state index is 0.0421. The summed E-state index contributed by atoms with van der Waals surface area (Å²) in [4.78, 5) is 27.5. The van der Waals surface area contributed by atoms with Gasteiger partial charge in [0.05, 0.1) is 0 Å². The Kier molecular flexibility index (Phi) is 6.79. The molecule has 6 heteroatoms. The molecule has 0 aliphatic heterocycles. The molecule has 0 spiro atoms. The van der Waals surface area contributed by atoms with E-state index in [2.05, 4.69) is 15.6 Å². The van der Waals surface area contributed by atoms with Crippen LogP contribution < -0.4 is 15.4 Å². The van der Waals surface area contributed by atoms with E-state index in [0.717, 1.165) is 30.4 Å². The lowest BCUT2D eigenvalue weighted by atomic mass is 10.1. The highest BCUT2D eigenvalue weighted by atomic mass is 16.5. The summed E-state index contributed by atoms with van der Waals surface area (Å²) in [6, 6.07) is 11.8. The van der Waals surface area contributed by atoms with Gasteiger partial charge in [-0.15, -0.1) is 0 Å². The molecule has 2 aromatic rings. The summed E-state index contributed by atoms with van der Waals surface area (Å²) >= 11 is 0. The standard InChI is InChI=1S/C21H25N3O3/c25-20(10-5-17-2-1-12-22-14-17)23-13-11-16-3-8-19(9-4-16)27-15-21(26)24-18-6-7-18/h1-4,8-9,12,14,18H,5-7,10-11,13,15H2,(H,23,25)(H,24,26). The first kappa shape index (κ1) is 18.9. The molecule has 1 heterocycles. The molecule has 2 amide bonds. The lowest BCUT2D eigenvalue weighted by Gasteiger charge is -2.08. The van der Waals surface area contributed by atoms with Crippen LogP contribution in [0.5, 0.6) is 5.75 Å². The fraction of sp³-hybridized carbons (Fsp3) is 0.381. The van der Waals surface area contributed by atoms with Gasteiger partial charge in [-0.05, 0) is 55.0 Å². The number of rotatable bonds is 10. The number of nitrogens with one attached hydrogen (secondary N) is 2. The number of benzene rings is 1. The summed E-state index contributed by atoms with van der Waals surface area (Å²) in [5, 5.41) is 5.82. The van der Waals surface area contributed by atoms with Crippen molar-refractivity contribution in [3.63, 3.8) is 0 Å². The van der Waals surface area contributed by atoms with E-state index in [1.54, 1.807) is 12.4 Å². The molecular formula is C21H25N3O3. The van der Waals surface area contributed by atoms with Gasteiger partial charge in [-0.3, -0.25) is 14.6 Å². The average molecular weight is 367 g/mol. The van der Waals surface area contributed by atoms with Gasteiger partial charge in [-0.2, -0.15) is 0 Å². The van der Waals surface area contributed by atoms with Crippen LogP contribution in [0.4, 0.5) is 0 Å². The molecule has 1 aromatic heterocycles. The molecule has 3 rings (SSSR count). The predicted molar refractivity (Wildman–Crippen MR) is 102 cm³/mol. The highest BCUT2D eigenvalue weighted by molar-refractivity contribution is 5.78. The van der Waals surface area contributed by atoms with Gasteiger partial charge in [0, 0.05) is 31.4 Å². The Labute approximate surface area is 159 Å². The molecule has 1 aromatic carbocycles. The van der Waals surface area contributed by atoms with Crippen LogP contribution >= 0.6 is 0 Å². The van der Waals surface area contributed by atoms with Crippen molar-refractivity contribution in [2.75, 3.05) is 13.2 Å². The summed E-state index contributed by atoms with van der Waals surface area (Å²) in [6.07, 6.45) is 7.55. The van der Waals surface area contributed by atoms with Gasteiger partial charge in [-0.1, -0.05) is 18.2 Å². The first-order valence-electron chi connectivity index (χ1n) is 9.36. The third kappa shape index (κ3) is 7.09. The van der Waals surface area contributed by atoms with Crippen LogP contribution in [-0.4, -0.2) is 36.0 Å². The SMILES string of the molecule is O=C(CCc1cccnc1)NCCc1ccc(OCC(=O)NC2CC2)cc1. The van der Waals surface area contributed by atoms with Crippen molar-refractivity contribution in [3.8, 4) is 5.75 Å². The number of hydrogen-bond donors (Lipinski definition) is 2. The fourth-order valence-corrected chi connectivity index (χ4v) is 2.64. The quantitative estimate of drug-likeness (QED) is 0.673. The number of carbonyl (C=O) groups is 2. The number of amides is 2. The highest BCUT2D eigenvalue weighted by Crippen LogP contribution is 2.18. The van der Waals surface area contributed by atoms with Crippen molar-refractivity contribution in [1.82, 2.24) is 15.6 Å². The smallest absolute Gasteiger partial charge is 0.258 e. The molecular weight excluding hydrogens is 342 g/mol. The summed E-state index contributed by atoms with van der Waals surface area (Å²) < 4.78 is 5.48. The topological polar surface area (TPSA) is 80.3 Å². The normalized spacial score (nSPS) is 13.0. The number of ether oxygens (including phenoxy) is 1. The molecule has 0 bridgehead atoms. The van der Waals surface area contributed by atoms with Gasteiger partial charge in [-0.25, -0.2) is 0 Å². The van der Waals surface area contributed by atoms with Crippen LogP contribution in [-0.2, 0) is 22.4 Å². The molecule has 1 fully saturated rings. The lowest BCUT2D eigenvalue weighted by molar-refractivity contribution is -0.123. The van der Waals surface area contributed by atoms with Crippen molar-refractivity contribution >= 4 is 11.8 Å². The van der Waals surface area contributed by atoms with E-state index in [0.29, 0.717) is 31.2 Å². The maximum atomic E-state index is 11.9. The van der Waals surface area contributed by atoms with Gasteiger partial charge in [0.2, 0.25) is 5.91 Å². The lowest BCUT2D eigenvalue weighted by Crippen LogP contribution is -2.30. The van der Waals surface area contributed by atoms with Crippen molar-refractivity contribution in [2.45, 2.75) is 38.1 Å². The number of aromatic nitrogens is 1. The van der Waals surface area contributed by atoms with Crippen LogP contribution in [0, 0.1) is 0 Å². The van der Waals surface area contributed by atoms with Gasteiger partial charge in [0.25, 0.3) is 5.91 Å². The van der Waals surface area contributed by atoms with E-state index in [4.69, 9.17) is 4.74 Å². The molecule has 0 unspecified atom stereocenters. The zero-order valence-electron chi connectivity index (χ0n) is 15.3. The van der Waals surface area contributed by atoms with Gasteiger partial charge in [0.15, 0.2) is 6.61 Å². The third-order valence-electron chi connectivity index (χ3n) is 4.34. The molecule has 1 saturated carbocycles. The van der Waals surface area contributed by atoms with Crippen LogP contribution in [0.2, 0.25) is 0 Å². The highest BCUT2D eigenvalue weighted by Gasteiger charge is 2.23. The molecule has 27 heavy (non-hydrogen) atoms. The second kappa shape index (κ2) is 9.71. The molecule has 0 atom stereocenters. The largest absolute Gasteiger partial charge is 0.484 e. The molecule has 0 saturated heterocycles. The summed E-state index contributed by atoms with van der Waals surface area (Å²) in [5.74, 6) is 0.640. The van der Waals surface area contributed by atoms with Crippen LogP contribution in [0.15, 0.2) is 48.8 Å². The second-order valence-electron chi connectivity index (χ2n) is 6.74. The summed E-state index contributed by atoms with van der Waals surface area (Å²) in [7, 11) is 0. The van der Waals surface area contributed by atoms with E-state index in [9.17, 15) is 9.59 Å². The van der Waals surface area contributed by atoms with Crippen molar-refractivity contribution in [1.29, 1.82) is 0 Å². The Balaban J connectivity index is 1.31. The molecule has 142 valence electrons. The number of aryl methyl sites for hydroxylation is 1. The van der Waals surface area contributed by atoms with Gasteiger partial charge < -0.3 is 15.4 Å². The molecule has 1 aliphatic rings. The Bertz CT molecular complexity index is 743. The van der Waals surface area contributed by atoms with Crippen LogP contribution in [0.25, 0.3) is 0 Å². The van der Waals surface area contributed by atoms with Crippen molar-refractivity contribution in [3.05, 3.63) is 59.9 Å². The monoisotopic (exact) mass is 367 g/mol. The number of hydrogen-bond acceptors (Lipinski definition) is 4. The average Bonchev–Trinajstić information content (AvgIpc) is 3.50. The van der Waals surface area contributed by atoms with Crippen LogP contribution in [0.1, 0.15) is 30.4 Å². The maximum Gasteiger partial charge on any atom is 0.258 e. The van der Waals surface area contributed by atoms with E-state index in [1.165, 1.54) is 0 Å². The molecule has 0 radical (unpaired) electrons. The Morgan fingerprint density at radius 2 is 1.85 bits per heavy atom. The Morgan fingerprint density at radius 3 is 2.56 bits per heavy atom. The first-order chi connectivity index (χ1) is 13.2. The minimum Gasteiger partial charge on any atom is -0.484 e. The Morgan fingerprint density at radius 1 is 1.04 bits per heavy atom. The van der Waals surface area contributed by atoms with Gasteiger partial charge >= 0.3 is 0 Å². The molecule has 1 aliphatic carbocycles. The van der Waals surface area contributed by atoms with Crippen molar-refractivity contribution < 1.29 is 14.3 Å². The molecule has 2 N–H and O–H groups in total. The van der Waals surface area contributed by atoms with Crippen LogP contribution in [0.3, 0.4) is 0 Å². The fourth-order valence-electron chi connectivity index (χ4n) is 2.64. The predicted octanol–water partition coefficient (Wildman–Crippen LogP) is 2.03. The number of carbonyl (C=O) groups excluding carboxylic acids is 2. The zero-order chi connectivity index (χ0) is 18.9. The third-order valence-corrected chi connectivity index (χ3v) is 4.34. The second-order valence-corrected chi connectivity index (χ2v) is 6.74. The number of pyridine rings is 1. The van der Waals surface area contributed by atoms with E-state index in [1.807, 2.05) is 36.4 Å². The zero-order valence-corrected chi connectivity index (χ0v) is 15.3. The minimum atomic E-state index is -0.0735.